The first-order valence-corrected chi connectivity index (χ1v) is 14.9. The molecule has 3 aromatic rings. The molecule has 1 amide bonds. The number of nitrogens with zero attached hydrogens (tertiary/aromatic N) is 6. The quantitative estimate of drug-likeness (QED) is 0.371. The van der Waals surface area contributed by atoms with Gasteiger partial charge >= 0.3 is 6.01 Å². The number of rotatable bonds is 7. The molecule has 2 fully saturated rings. The van der Waals surface area contributed by atoms with Crippen LogP contribution >= 0.6 is 0 Å². The summed E-state index contributed by atoms with van der Waals surface area (Å²) in [6.45, 7) is 8.13. The third kappa shape index (κ3) is 5.79. The molecule has 1 aromatic heterocycles. The maximum atomic E-state index is 13.8. The highest BCUT2D eigenvalue weighted by Gasteiger charge is 2.35. The molecular weight excluding hydrogens is 547 g/mol. The second kappa shape index (κ2) is 12.3. The number of amides is 1. The number of halogens is 1. The molecule has 10 heteroatoms. The highest BCUT2D eigenvalue weighted by molar-refractivity contribution is 5.91. The molecule has 43 heavy (non-hydrogen) atoms. The van der Waals surface area contributed by atoms with Gasteiger partial charge in [0.1, 0.15) is 12.4 Å². The molecule has 224 valence electrons. The van der Waals surface area contributed by atoms with Gasteiger partial charge in [-0.1, -0.05) is 43.0 Å². The van der Waals surface area contributed by atoms with E-state index in [1.54, 1.807) is 0 Å². The molecule has 0 unspecified atom stereocenters. The molecule has 0 aliphatic carbocycles. The summed E-state index contributed by atoms with van der Waals surface area (Å²) >= 11 is 0. The van der Waals surface area contributed by atoms with Crippen LogP contribution < -0.4 is 9.64 Å². The van der Waals surface area contributed by atoms with Gasteiger partial charge in [0, 0.05) is 37.7 Å². The van der Waals surface area contributed by atoms with Crippen molar-refractivity contribution in [3.05, 3.63) is 71.2 Å². The van der Waals surface area contributed by atoms with Gasteiger partial charge in [-0.2, -0.15) is 15.2 Å². The number of fused-ring (bicyclic) bond motifs is 2. The van der Waals surface area contributed by atoms with Gasteiger partial charge in [0.15, 0.2) is 5.83 Å². The van der Waals surface area contributed by atoms with Crippen LogP contribution in [0.25, 0.3) is 10.8 Å². The number of aromatic nitrogens is 2. The van der Waals surface area contributed by atoms with Crippen molar-refractivity contribution in [3.8, 4) is 12.1 Å². The summed E-state index contributed by atoms with van der Waals surface area (Å²) in [4.78, 5) is 28.0. The number of nitriles is 1. The predicted molar refractivity (Wildman–Crippen MR) is 161 cm³/mol. The number of anilines is 1. The lowest BCUT2D eigenvalue weighted by molar-refractivity contribution is -0.131. The van der Waals surface area contributed by atoms with E-state index in [1.807, 2.05) is 4.90 Å². The monoisotopic (exact) mass is 584 g/mol. The molecule has 2 saturated heterocycles. The normalized spacial score (nSPS) is 22.3. The molecule has 9 nitrogen and oxygen atoms in total. The fourth-order valence-electron chi connectivity index (χ4n) is 6.70. The number of piperazine rings is 1. The second-order valence-corrected chi connectivity index (χ2v) is 11.7. The van der Waals surface area contributed by atoms with Crippen molar-refractivity contribution in [1.29, 1.82) is 5.26 Å². The number of hydrogen-bond acceptors (Lipinski definition) is 8. The zero-order valence-corrected chi connectivity index (χ0v) is 24.8. The van der Waals surface area contributed by atoms with E-state index in [1.165, 1.54) is 21.2 Å². The molecule has 3 aliphatic heterocycles. The standard InChI is InChI=1S/C33H37FN6O3/c1-21-7-4-8-23-9-5-11-26(30(21)23)29-17-28-27(20-42-29)31(37-33(36-28)43-19-25-10-6-14-38(25)3)39-15-16-40(32(41)22(2)34)24(18-39)12-13-35/h4-5,7-9,11,24-25,29H,2,6,10,12,14-20H2,1,3H3/t24-,25-,29-/m0/s1. The lowest BCUT2D eigenvalue weighted by Gasteiger charge is -2.42. The third-order valence-corrected chi connectivity index (χ3v) is 9.03. The number of carbonyl (C=O) groups is 1. The van der Waals surface area contributed by atoms with Gasteiger partial charge < -0.3 is 24.2 Å². The van der Waals surface area contributed by atoms with E-state index < -0.39 is 17.8 Å². The van der Waals surface area contributed by atoms with Crippen LogP contribution in [-0.2, 0) is 22.6 Å². The minimum atomic E-state index is -1.02. The van der Waals surface area contributed by atoms with E-state index in [2.05, 4.69) is 67.9 Å². The molecule has 6 rings (SSSR count). The van der Waals surface area contributed by atoms with E-state index >= 15 is 0 Å². The summed E-state index contributed by atoms with van der Waals surface area (Å²) < 4.78 is 26.5. The van der Waals surface area contributed by atoms with Crippen LogP contribution in [0.1, 0.15) is 47.8 Å². The molecule has 0 saturated carbocycles. The molecule has 3 aliphatic rings. The van der Waals surface area contributed by atoms with Gasteiger partial charge in [0.25, 0.3) is 5.91 Å². The Hall–Kier alpha value is -4.07. The van der Waals surface area contributed by atoms with Crippen LogP contribution in [0, 0.1) is 18.3 Å². The highest BCUT2D eigenvalue weighted by atomic mass is 19.1. The van der Waals surface area contributed by atoms with Crippen LogP contribution in [0.3, 0.4) is 0 Å². The van der Waals surface area contributed by atoms with Crippen molar-refractivity contribution in [1.82, 2.24) is 19.8 Å². The Balaban J connectivity index is 1.34. The minimum absolute atomic E-state index is 0.0686. The summed E-state index contributed by atoms with van der Waals surface area (Å²) in [7, 11) is 2.11. The van der Waals surface area contributed by atoms with Gasteiger partial charge in [-0.25, -0.2) is 4.39 Å². The number of likely N-dealkylation sites (N-methyl/N-ethyl adjacent to an activating group) is 1. The SMILES string of the molecule is C=C(F)C(=O)N1CCN(c2nc(OC[C@@H]3CCCN3C)nc3c2CO[C@H](c2cccc4cccc(C)c24)C3)C[C@@H]1CC#N. The lowest BCUT2D eigenvalue weighted by atomic mass is 9.92. The van der Waals surface area contributed by atoms with E-state index in [0.717, 1.165) is 36.2 Å². The van der Waals surface area contributed by atoms with E-state index in [9.17, 15) is 14.4 Å². The first-order chi connectivity index (χ1) is 20.8. The van der Waals surface area contributed by atoms with Gasteiger partial charge in [-0.15, -0.1) is 0 Å². The lowest BCUT2D eigenvalue weighted by Crippen LogP contribution is -2.55. The number of ether oxygens (including phenoxy) is 2. The summed E-state index contributed by atoms with van der Waals surface area (Å²) in [6, 6.07) is 14.9. The predicted octanol–water partition coefficient (Wildman–Crippen LogP) is 4.64. The van der Waals surface area contributed by atoms with Crippen molar-refractivity contribution < 1.29 is 18.7 Å². The molecular formula is C33H37FN6O3. The second-order valence-electron chi connectivity index (χ2n) is 11.7. The molecule has 0 radical (unpaired) electrons. The van der Waals surface area contributed by atoms with Crippen LogP contribution in [0.2, 0.25) is 0 Å². The number of benzene rings is 2. The third-order valence-electron chi connectivity index (χ3n) is 9.03. The molecule has 4 heterocycles. The Morgan fingerprint density at radius 1 is 1.19 bits per heavy atom. The van der Waals surface area contributed by atoms with Crippen molar-refractivity contribution in [2.45, 2.75) is 57.4 Å². The van der Waals surface area contributed by atoms with Gasteiger partial charge in [-0.3, -0.25) is 4.79 Å². The Kier molecular flexibility index (Phi) is 8.28. The van der Waals surface area contributed by atoms with Crippen LogP contribution in [-0.4, -0.2) is 77.6 Å². The fraction of sp³-hybridized carbons (Fsp3) is 0.455. The molecule has 0 N–H and O–H groups in total. The minimum Gasteiger partial charge on any atom is -0.462 e. The van der Waals surface area contributed by atoms with Crippen molar-refractivity contribution in [3.63, 3.8) is 0 Å². The van der Waals surface area contributed by atoms with Crippen molar-refractivity contribution >= 4 is 22.5 Å². The van der Waals surface area contributed by atoms with Gasteiger partial charge in [0.2, 0.25) is 0 Å². The number of likely N-dealkylation sites (tertiary alicyclic amines) is 1. The van der Waals surface area contributed by atoms with Crippen LogP contribution in [0.15, 0.2) is 48.8 Å². The summed E-state index contributed by atoms with van der Waals surface area (Å²) in [6.07, 6.45) is 2.64. The van der Waals surface area contributed by atoms with E-state index in [-0.39, 0.29) is 19.1 Å². The van der Waals surface area contributed by atoms with Crippen molar-refractivity contribution in [2.24, 2.45) is 0 Å². The average molecular weight is 585 g/mol. The number of aryl methyl sites for hydroxylation is 1. The average Bonchev–Trinajstić information content (AvgIpc) is 3.43. The number of carbonyl (C=O) groups excluding carboxylic acids is 1. The zero-order valence-electron chi connectivity index (χ0n) is 24.8. The largest absolute Gasteiger partial charge is 0.462 e. The van der Waals surface area contributed by atoms with E-state index in [4.69, 9.17) is 19.4 Å². The molecule has 3 atom stereocenters. The Labute approximate surface area is 251 Å². The maximum absolute atomic E-state index is 13.8. The zero-order chi connectivity index (χ0) is 30.1. The Morgan fingerprint density at radius 2 is 2.00 bits per heavy atom. The van der Waals surface area contributed by atoms with Crippen molar-refractivity contribution in [2.75, 3.05) is 44.7 Å². The number of hydrogen-bond donors (Lipinski definition) is 0. The first-order valence-electron chi connectivity index (χ1n) is 14.9. The molecule has 0 spiro atoms. The summed E-state index contributed by atoms with van der Waals surface area (Å²) in [5.74, 6) is -1.11. The Bertz CT molecular complexity index is 1580. The Morgan fingerprint density at radius 3 is 2.74 bits per heavy atom. The molecule has 0 bridgehead atoms. The smallest absolute Gasteiger partial charge is 0.318 e. The van der Waals surface area contributed by atoms with Gasteiger partial charge in [0.05, 0.1) is 36.9 Å². The maximum Gasteiger partial charge on any atom is 0.318 e. The van der Waals surface area contributed by atoms with Gasteiger partial charge in [-0.05, 0) is 55.3 Å². The van der Waals surface area contributed by atoms with Crippen LogP contribution in [0.4, 0.5) is 10.2 Å². The summed E-state index contributed by atoms with van der Waals surface area (Å²) in [5, 5.41) is 11.9. The topological polar surface area (TPSA) is 94.8 Å². The van der Waals surface area contributed by atoms with E-state index in [0.29, 0.717) is 50.6 Å². The highest BCUT2D eigenvalue weighted by Crippen LogP contribution is 2.38. The fourth-order valence-corrected chi connectivity index (χ4v) is 6.70. The van der Waals surface area contributed by atoms with Crippen LogP contribution in [0.5, 0.6) is 6.01 Å². The first kappa shape index (κ1) is 29.0. The summed E-state index contributed by atoms with van der Waals surface area (Å²) in [5.41, 5.74) is 4.07. The molecule has 2 aromatic carbocycles.